The summed E-state index contributed by atoms with van der Waals surface area (Å²) in [5.74, 6) is 0.701. The van der Waals surface area contributed by atoms with Crippen LogP contribution in [-0.4, -0.2) is 15.0 Å². The van der Waals surface area contributed by atoms with Gasteiger partial charge in [-0.15, -0.1) is 0 Å². The Bertz CT molecular complexity index is 495. The third-order valence-corrected chi connectivity index (χ3v) is 5.92. The fourth-order valence-corrected chi connectivity index (χ4v) is 4.49. The minimum absolute atomic E-state index is 0.316. The Morgan fingerprint density at radius 3 is 2.56 bits per heavy atom. The van der Waals surface area contributed by atoms with Crippen LogP contribution in [0.5, 0.6) is 0 Å². The van der Waals surface area contributed by atoms with Gasteiger partial charge < -0.3 is 0 Å². The lowest BCUT2D eigenvalue weighted by atomic mass is 10.1. The summed E-state index contributed by atoms with van der Waals surface area (Å²) in [7, 11) is -3.38. The number of benzene rings is 1. The van der Waals surface area contributed by atoms with Gasteiger partial charge in [0, 0.05) is 11.0 Å². The van der Waals surface area contributed by atoms with Crippen LogP contribution in [0, 0.1) is 5.92 Å². The van der Waals surface area contributed by atoms with Crippen molar-refractivity contribution in [3.8, 4) is 0 Å². The van der Waals surface area contributed by atoms with Crippen molar-refractivity contribution in [2.24, 2.45) is 5.92 Å². The van der Waals surface area contributed by atoms with Crippen LogP contribution in [0.1, 0.15) is 32.1 Å². The van der Waals surface area contributed by atoms with Crippen molar-refractivity contribution in [2.45, 2.75) is 37.0 Å². The minimum atomic E-state index is -3.38. The SMILES string of the molecule is O=S(=O)(NCCC1CCCC1)c1ccccc1Br. The molecule has 1 aliphatic carbocycles. The third kappa shape index (κ3) is 3.56. The zero-order valence-corrected chi connectivity index (χ0v) is 12.6. The quantitative estimate of drug-likeness (QED) is 0.899. The lowest BCUT2D eigenvalue weighted by Gasteiger charge is -2.11. The van der Waals surface area contributed by atoms with Crippen LogP contribution in [-0.2, 0) is 10.0 Å². The maximum atomic E-state index is 12.1. The van der Waals surface area contributed by atoms with E-state index in [0.29, 0.717) is 21.8 Å². The van der Waals surface area contributed by atoms with Gasteiger partial charge in [-0.25, -0.2) is 13.1 Å². The van der Waals surface area contributed by atoms with E-state index in [1.54, 1.807) is 18.2 Å². The van der Waals surface area contributed by atoms with Gasteiger partial charge in [0.25, 0.3) is 0 Å². The summed E-state index contributed by atoms with van der Waals surface area (Å²) in [6.07, 6.45) is 6.03. The maximum Gasteiger partial charge on any atom is 0.241 e. The Morgan fingerprint density at radius 2 is 1.89 bits per heavy atom. The second kappa shape index (κ2) is 6.17. The largest absolute Gasteiger partial charge is 0.241 e. The van der Waals surface area contributed by atoms with Gasteiger partial charge in [0.2, 0.25) is 10.0 Å². The predicted octanol–water partition coefficient (Wildman–Crippen LogP) is 3.31. The van der Waals surface area contributed by atoms with Crippen molar-refractivity contribution in [3.05, 3.63) is 28.7 Å². The molecule has 1 fully saturated rings. The summed E-state index contributed by atoms with van der Waals surface area (Å²) >= 11 is 3.27. The highest BCUT2D eigenvalue weighted by molar-refractivity contribution is 9.10. The summed E-state index contributed by atoms with van der Waals surface area (Å²) in [6.45, 7) is 0.536. The molecule has 1 N–H and O–H groups in total. The van der Waals surface area contributed by atoms with Crippen molar-refractivity contribution in [2.75, 3.05) is 6.54 Å². The number of hydrogen-bond acceptors (Lipinski definition) is 2. The second-order valence-electron chi connectivity index (χ2n) is 4.77. The van der Waals surface area contributed by atoms with E-state index in [1.165, 1.54) is 25.7 Å². The molecular formula is C13H18BrNO2S. The summed E-state index contributed by atoms with van der Waals surface area (Å²) in [6, 6.07) is 6.89. The topological polar surface area (TPSA) is 46.2 Å². The molecule has 1 aromatic rings. The van der Waals surface area contributed by atoms with Gasteiger partial charge in [-0.1, -0.05) is 37.8 Å². The number of nitrogens with one attached hydrogen (secondary N) is 1. The van der Waals surface area contributed by atoms with E-state index >= 15 is 0 Å². The van der Waals surface area contributed by atoms with Crippen LogP contribution in [0.15, 0.2) is 33.6 Å². The summed E-state index contributed by atoms with van der Waals surface area (Å²) in [5.41, 5.74) is 0. The maximum absolute atomic E-state index is 12.1. The molecule has 0 bridgehead atoms. The fraction of sp³-hybridized carbons (Fsp3) is 0.538. The van der Waals surface area contributed by atoms with E-state index in [1.807, 2.05) is 6.07 Å². The van der Waals surface area contributed by atoms with E-state index in [-0.39, 0.29) is 0 Å². The van der Waals surface area contributed by atoms with Gasteiger partial charge in [0.05, 0.1) is 4.90 Å². The normalized spacial score (nSPS) is 17.2. The fourth-order valence-electron chi connectivity index (χ4n) is 2.44. The van der Waals surface area contributed by atoms with Crippen LogP contribution in [0.2, 0.25) is 0 Å². The minimum Gasteiger partial charge on any atom is -0.211 e. The summed E-state index contributed by atoms with van der Waals surface area (Å²) < 4.78 is 27.5. The number of halogens is 1. The molecule has 1 aromatic carbocycles. The average molecular weight is 332 g/mol. The molecule has 0 radical (unpaired) electrons. The van der Waals surface area contributed by atoms with Crippen LogP contribution in [0.25, 0.3) is 0 Å². The highest BCUT2D eigenvalue weighted by atomic mass is 79.9. The first-order valence-corrected chi connectivity index (χ1v) is 8.61. The summed E-state index contributed by atoms with van der Waals surface area (Å²) in [4.78, 5) is 0.316. The van der Waals surface area contributed by atoms with Crippen LogP contribution >= 0.6 is 15.9 Å². The van der Waals surface area contributed by atoms with Crippen molar-refractivity contribution >= 4 is 26.0 Å². The van der Waals surface area contributed by atoms with Crippen molar-refractivity contribution < 1.29 is 8.42 Å². The molecule has 2 rings (SSSR count). The number of sulfonamides is 1. The first-order valence-electron chi connectivity index (χ1n) is 6.34. The van der Waals surface area contributed by atoms with Gasteiger partial charge >= 0.3 is 0 Å². The van der Waals surface area contributed by atoms with E-state index in [2.05, 4.69) is 20.7 Å². The average Bonchev–Trinajstić information content (AvgIpc) is 2.82. The van der Waals surface area contributed by atoms with Crippen molar-refractivity contribution in [1.82, 2.24) is 4.72 Å². The number of rotatable bonds is 5. The second-order valence-corrected chi connectivity index (χ2v) is 7.36. The third-order valence-electron chi connectivity index (χ3n) is 3.45. The Labute approximate surface area is 117 Å². The molecule has 100 valence electrons. The molecular weight excluding hydrogens is 314 g/mol. The lowest BCUT2D eigenvalue weighted by molar-refractivity contribution is 0.495. The Balaban J connectivity index is 1.93. The molecule has 0 heterocycles. The van der Waals surface area contributed by atoms with Gasteiger partial charge in [-0.2, -0.15) is 0 Å². The standard InChI is InChI=1S/C13H18BrNO2S/c14-12-7-3-4-8-13(12)18(16,17)15-10-9-11-5-1-2-6-11/h3-4,7-8,11,15H,1-2,5-6,9-10H2. The van der Waals surface area contributed by atoms with E-state index in [0.717, 1.165) is 6.42 Å². The van der Waals surface area contributed by atoms with Gasteiger partial charge in [-0.3, -0.25) is 0 Å². The molecule has 0 amide bonds. The monoisotopic (exact) mass is 331 g/mol. The molecule has 0 atom stereocenters. The van der Waals surface area contributed by atoms with Gasteiger partial charge in [0.15, 0.2) is 0 Å². The molecule has 0 aromatic heterocycles. The molecule has 18 heavy (non-hydrogen) atoms. The van der Waals surface area contributed by atoms with Gasteiger partial charge in [0.1, 0.15) is 0 Å². The van der Waals surface area contributed by atoms with Crippen molar-refractivity contribution in [1.29, 1.82) is 0 Å². The molecule has 1 aliphatic rings. The van der Waals surface area contributed by atoms with Crippen molar-refractivity contribution in [3.63, 3.8) is 0 Å². The van der Waals surface area contributed by atoms with Crippen LogP contribution in [0.3, 0.4) is 0 Å². The zero-order valence-electron chi connectivity index (χ0n) is 10.2. The molecule has 0 aliphatic heterocycles. The molecule has 0 spiro atoms. The van der Waals surface area contributed by atoms with Gasteiger partial charge in [-0.05, 0) is 40.4 Å². The molecule has 3 nitrogen and oxygen atoms in total. The van der Waals surface area contributed by atoms with E-state index in [9.17, 15) is 8.42 Å². The Kier molecular flexibility index (Phi) is 4.81. The zero-order chi connectivity index (χ0) is 13.0. The predicted molar refractivity (Wildman–Crippen MR) is 75.9 cm³/mol. The molecule has 0 saturated heterocycles. The molecule has 1 saturated carbocycles. The number of hydrogen-bond donors (Lipinski definition) is 1. The lowest BCUT2D eigenvalue weighted by Crippen LogP contribution is -2.26. The first-order chi connectivity index (χ1) is 8.59. The van der Waals surface area contributed by atoms with Crippen LogP contribution in [0.4, 0.5) is 0 Å². The Morgan fingerprint density at radius 1 is 1.22 bits per heavy atom. The first kappa shape index (κ1) is 14.0. The molecule has 5 heteroatoms. The Hall–Kier alpha value is -0.390. The van der Waals surface area contributed by atoms with E-state index in [4.69, 9.17) is 0 Å². The smallest absolute Gasteiger partial charge is 0.211 e. The highest BCUT2D eigenvalue weighted by Gasteiger charge is 2.19. The highest BCUT2D eigenvalue weighted by Crippen LogP contribution is 2.27. The van der Waals surface area contributed by atoms with E-state index < -0.39 is 10.0 Å². The molecule has 0 unspecified atom stereocenters. The van der Waals surface area contributed by atoms with Crippen LogP contribution < -0.4 is 4.72 Å². The summed E-state index contributed by atoms with van der Waals surface area (Å²) in [5, 5.41) is 0.